The molecule has 0 aromatic carbocycles. The molecule has 1 spiro atoms. The molecule has 8 heteroatoms. The van der Waals surface area contributed by atoms with Crippen molar-refractivity contribution in [3.8, 4) is 0 Å². The minimum atomic E-state index is -0.0211. The lowest BCUT2D eigenvalue weighted by Gasteiger charge is -2.48. The van der Waals surface area contributed by atoms with Crippen LogP contribution in [0.1, 0.15) is 41.7 Å². The molecule has 2 saturated heterocycles. The number of carbonyl (C=O) groups excluding carboxylic acids is 2. The van der Waals surface area contributed by atoms with Gasteiger partial charge in [-0.25, -0.2) is 9.50 Å². The Kier molecular flexibility index (Phi) is 5.05. The Balaban J connectivity index is 1.53. The predicted molar refractivity (Wildman–Crippen MR) is 103 cm³/mol. The van der Waals surface area contributed by atoms with Crippen molar-refractivity contribution in [2.75, 3.05) is 39.9 Å². The molecule has 0 aliphatic carbocycles. The van der Waals surface area contributed by atoms with Crippen LogP contribution >= 0.6 is 0 Å². The van der Waals surface area contributed by atoms with Crippen LogP contribution in [-0.2, 0) is 9.53 Å². The summed E-state index contributed by atoms with van der Waals surface area (Å²) < 4.78 is 6.86. The lowest BCUT2D eigenvalue weighted by atomic mass is 9.73. The zero-order valence-electron chi connectivity index (χ0n) is 16.6. The van der Waals surface area contributed by atoms with Crippen LogP contribution < -0.4 is 0 Å². The molecule has 8 nitrogen and oxygen atoms in total. The second-order valence-corrected chi connectivity index (χ2v) is 8.00. The van der Waals surface area contributed by atoms with Gasteiger partial charge in [0.05, 0.1) is 24.1 Å². The number of likely N-dealkylation sites (tertiary alicyclic amines) is 2. The Morgan fingerprint density at radius 1 is 1.32 bits per heavy atom. The standard InChI is InChI=1S/C20H27N5O3/c1-15-16(12-21-17-5-8-22-25(15)17)19(27)24-9-3-6-20(14-24)7-4-18(26)23(13-20)10-11-28-2/h5,8,12H,3-4,6-7,9-11,13-14H2,1-2H3/t20-/m1/s1. The van der Waals surface area contributed by atoms with Crippen LogP contribution in [0, 0.1) is 12.3 Å². The Morgan fingerprint density at radius 2 is 2.18 bits per heavy atom. The van der Waals surface area contributed by atoms with Crippen molar-refractivity contribution in [2.24, 2.45) is 5.41 Å². The zero-order valence-corrected chi connectivity index (χ0v) is 16.6. The van der Waals surface area contributed by atoms with E-state index in [9.17, 15) is 9.59 Å². The van der Waals surface area contributed by atoms with E-state index in [1.807, 2.05) is 22.8 Å². The van der Waals surface area contributed by atoms with Gasteiger partial charge in [0.25, 0.3) is 5.91 Å². The van der Waals surface area contributed by atoms with E-state index in [4.69, 9.17) is 4.74 Å². The van der Waals surface area contributed by atoms with Crippen LogP contribution in [-0.4, -0.2) is 76.1 Å². The van der Waals surface area contributed by atoms with Gasteiger partial charge in [0.15, 0.2) is 5.65 Å². The lowest BCUT2D eigenvalue weighted by molar-refractivity contribution is -0.139. The van der Waals surface area contributed by atoms with Gasteiger partial charge in [-0.1, -0.05) is 0 Å². The summed E-state index contributed by atoms with van der Waals surface area (Å²) in [7, 11) is 1.65. The van der Waals surface area contributed by atoms with E-state index in [0.717, 1.165) is 37.1 Å². The van der Waals surface area contributed by atoms with Crippen molar-refractivity contribution in [3.63, 3.8) is 0 Å². The number of amides is 2. The fourth-order valence-electron chi connectivity index (χ4n) is 4.59. The zero-order chi connectivity index (χ0) is 19.7. The molecule has 150 valence electrons. The summed E-state index contributed by atoms with van der Waals surface area (Å²) in [6, 6.07) is 1.82. The summed E-state index contributed by atoms with van der Waals surface area (Å²) in [6.07, 6.45) is 6.73. The van der Waals surface area contributed by atoms with Gasteiger partial charge in [-0.15, -0.1) is 0 Å². The average Bonchev–Trinajstić information content (AvgIpc) is 3.19. The molecule has 0 unspecified atom stereocenters. The van der Waals surface area contributed by atoms with Crippen LogP contribution in [0.4, 0.5) is 0 Å². The highest BCUT2D eigenvalue weighted by atomic mass is 16.5. The molecule has 2 fully saturated rings. The highest BCUT2D eigenvalue weighted by Crippen LogP contribution is 2.39. The molecule has 4 rings (SSSR count). The Morgan fingerprint density at radius 3 is 3.00 bits per heavy atom. The Labute approximate surface area is 164 Å². The number of hydrogen-bond donors (Lipinski definition) is 0. The quantitative estimate of drug-likeness (QED) is 0.797. The van der Waals surface area contributed by atoms with Crippen molar-refractivity contribution in [1.29, 1.82) is 0 Å². The molecular formula is C20H27N5O3. The molecule has 2 amide bonds. The maximum Gasteiger partial charge on any atom is 0.257 e. The third-order valence-electron chi connectivity index (χ3n) is 6.15. The van der Waals surface area contributed by atoms with Crippen molar-refractivity contribution in [1.82, 2.24) is 24.4 Å². The molecular weight excluding hydrogens is 358 g/mol. The Hall–Kier alpha value is -2.48. The van der Waals surface area contributed by atoms with Crippen molar-refractivity contribution < 1.29 is 14.3 Å². The number of fused-ring (bicyclic) bond motifs is 1. The second kappa shape index (κ2) is 7.50. The molecule has 28 heavy (non-hydrogen) atoms. The van der Waals surface area contributed by atoms with E-state index in [0.29, 0.717) is 38.2 Å². The van der Waals surface area contributed by atoms with E-state index in [1.54, 1.807) is 24.0 Å². The molecule has 2 aromatic rings. The van der Waals surface area contributed by atoms with Crippen LogP contribution in [0.5, 0.6) is 0 Å². The number of ether oxygens (including phenoxy) is 1. The molecule has 2 aromatic heterocycles. The first kappa shape index (κ1) is 18.9. The average molecular weight is 385 g/mol. The summed E-state index contributed by atoms with van der Waals surface area (Å²) >= 11 is 0. The number of carbonyl (C=O) groups is 2. The number of aromatic nitrogens is 3. The molecule has 2 aliphatic heterocycles. The first-order valence-electron chi connectivity index (χ1n) is 9.88. The normalized spacial score (nSPS) is 23.0. The van der Waals surface area contributed by atoms with Crippen molar-refractivity contribution in [2.45, 2.75) is 32.6 Å². The third kappa shape index (κ3) is 3.37. The SMILES string of the molecule is COCCN1C[C@@]2(CCCN(C(=O)c3cnc4ccnn4c3C)C2)CCC1=O. The molecule has 4 heterocycles. The highest BCUT2D eigenvalue weighted by Gasteiger charge is 2.42. The predicted octanol–water partition coefficient (Wildman–Crippen LogP) is 1.53. The minimum Gasteiger partial charge on any atom is -0.383 e. The first-order valence-corrected chi connectivity index (χ1v) is 9.88. The van der Waals surface area contributed by atoms with E-state index < -0.39 is 0 Å². The van der Waals surface area contributed by atoms with Crippen molar-refractivity contribution in [3.05, 3.63) is 29.7 Å². The van der Waals surface area contributed by atoms with Gasteiger partial charge in [-0.2, -0.15) is 5.10 Å². The summed E-state index contributed by atoms with van der Waals surface area (Å²) in [5, 5.41) is 4.26. The van der Waals surface area contributed by atoms with Crippen molar-refractivity contribution >= 4 is 17.5 Å². The van der Waals surface area contributed by atoms with Gasteiger partial charge in [-0.05, 0) is 26.2 Å². The van der Waals surface area contributed by atoms with Gasteiger partial charge in [0, 0.05) is 57.4 Å². The van der Waals surface area contributed by atoms with E-state index in [2.05, 4.69) is 10.1 Å². The highest BCUT2D eigenvalue weighted by molar-refractivity contribution is 5.95. The summed E-state index contributed by atoms with van der Waals surface area (Å²) in [5.74, 6) is 0.192. The van der Waals surface area contributed by atoms with Crippen LogP contribution in [0.15, 0.2) is 18.5 Å². The fraction of sp³-hybridized carbons (Fsp3) is 0.600. The number of hydrogen-bond acceptors (Lipinski definition) is 5. The van der Waals surface area contributed by atoms with Gasteiger partial charge < -0.3 is 14.5 Å². The fourth-order valence-corrected chi connectivity index (χ4v) is 4.59. The van der Waals surface area contributed by atoms with Gasteiger partial charge in [0.1, 0.15) is 0 Å². The van der Waals surface area contributed by atoms with E-state index >= 15 is 0 Å². The van der Waals surface area contributed by atoms with E-state index in [-0.39, 0.29) is 17.2 Å². The van der Waals surface area contributed by atoms with Gasteiger partial charge in [-0.3, -0.25) is 9.59 Å². The maximum atomic E-state index is 13.3. The first-order chi connectivity index (χ1) is 13.5. The Bertz CT molecular complexity index is 895. The number of piperidine rings is 2. The molecule has 2 aliphatic rings. The minimum absolute atomic E-state index is 0.00168. The third-order valence-corrected chi connectivity index (χ3v) is 6.15. The number of rotatable bonds is 4. The number of methoxy groups -OCH3 is 1. The maximum absolute atomic E-state index is 13.3. The second-order valence-electron chi connectivity index (χ2n) is 8.00. The molecule has 0 radical (unpaired) electrons. The van der Waals surface area contributed by atoms with Crippen LogP contribution in [0.3, 0.4) is 0 Å². The monoisotopic (exact) mass is 385 g/mol. The number of aryl methyl sites for hydroxylation is 1. The summed E-state index contributed by atoms with van der Waals surface area (Å²) in [6.45, 7) is 5.18. The lowest BCUT2D eigenvalue weighted by Crippen LogP contribution is -2.55. The van der Waals surface area contributed by atoms with Crippen LogP contribution in [0.25, 0.3) is 5.65 Å². The van der Waals surface area contributed by atoms with Gasteiger partial charge in [0.2, 0.25) is 5.91 Å². The topological polar surface area (TPSA) is 80.0 Å². The smallest absolute Gasteiger partial charge is 0.257 e. The largest absolute Gasteiger partial charge is 0.383 e. The number of nitrogens with zero attached hydrogens (tertiary/aromatic N) is 5. The summed E-state index contributed by atoms with van der Waals surface area (Å²) in [4.78, 5) is 33.8. The molecule has 0 bridgehead atoms. The molecule has 0 N–H and O–H groups in total. The van der Waals surface area contributed by atoms with Crippen LogP contribution in [0.2, 0.25) is 0 Å². The summed E-state index contributed by atoms with van der Waals surface area (Å²) in [5.41, 5.74) is 2.12. The van der Waals surface area contributed by atoms with E-state index in [1.165, 1.54) is 0 Å². The molecule has 1 atom stereocenters. The molecule has 0 saturated carbocycles. The van der Waals surface area contributed by atoms with Gasteiger partial charge >= 0.3 is 0 Å².